The molecule has 1 heteroatoms. The van der Waals surface area contributed by atoms with Gasteiger partial charge in [0.1, 0.15) is 5.78 Å². The summed E-state index contributed by atoms with van der Waals surface area (Å²) in [4.78, 5) is 11.2. The maximum atomic E-state index is 11.2. The van der Waals surface area contributed by atoms with Gasteiger partial charge >= 0.3 is 0 Å². The van der Waals surface area contributed by atoms with E-state index in [-0.39, 0.29) is 0 Å². The molecule has 0 saturated carbocycles. The Labute approximate surface area is 130 Å². The normalized spacial score (nSPS) is 14.2. The second-order valence-electron chi connectivity index (χ2n) is 5.53. The summed E-state index contributed by atoms with van der Waals surface area (Å²) in [5.41, 5.74) is 4.33. The predicted octanol–water partition coefficient (Wildman–Crippen LogP) is 5.67. The number of ketones is 1. The van der Waals surface area contributed by atoms with Crippen molar-refractivity contribution in [1.82, 2.24) is 0 Å². The van der Waals surface area contributed by atoms with Crippen molar-refractivity contribution in [2.24, 2.45) is 0 Å². The van der Waals surface area contributed by atoms with Gasteiger partial charge in [-0.1, -0.05) is 63.1 Å². The van der Waals surface area contributed by atoms with Gasteiger partial charge in [-0.05, 0) is 43.2 Å². The van der Waals surface area contributed by atoms with Crippen LogP contribution in [0.15, 0.2) is 35.9 Å². The Morgan fingerprint density at radius 1 is 0.905 bits per heavy atom. The van der Waals surface area contributed by atoms with Gasteiger partial charge in [-0.3, -0.25) is 4.79 Å². The number of allylic oxidation sites excluding steroid dienone is 2. The molecule has 0 aliphatic heterocycles. The second-order valence-corrected chi connectivity index (χ2v) is 5.53. The topological polar surface area (TPSA) is 17.1 Å². The molecule has 0 atom stereocenters. The van der Waals surface area contributed by atoms with E-state index in [2.05, 4.69) is 37.3 Å². The van der Waals surface area contributed by atoms with Gasteiger partial charge in [-0.25, -0.2) is 0 Å². The van der Waals surface area contributed by atoms with Gasteiger partial charge in [-0.2, -0.15) is 0 Å². The molecule has 1 aromatic rings. The highest BCUT2D eigenvalue weighted by atomic mass is 16.1. The first-order valence-electron chi connectivity index (χ1n) is 8.55. The highest BCUT2D eigenvalue weighted by molar-refractivity contribution is 5.81. The molecule has 0 saturated heterocycles. The molecule has 2 rings (SSSR count). The van der Waals surface area contributed by atoms with Crippen LogP contribution in [0.25, 0.3) is 0 Å². The third-order valence-electron chi connectivity index (χ3n) is 3.92. The lowest BCUT2D eigenvalue weighted by atomic mass is 9.93. The molecule has 1 nitrogen and oxygen atoms in total. The quantitative estimate of drug-likeness (QED) is 0.616. The molecule has 1 aliphatic rings. The lowest BCUT2D eigenvalue weighted by Gasteiger charge is -2.12. The molecular weight excluding hydrogens is 256 g/mol. The fourth-order valence-corrected chi connectivity index (χ4v) is 2.55. The zero-order valence-corrected chi connectivity index (χ0v) is 14.0. The number of Topliss-reactive ketones (excluding diaryl/α,β-unsaturated/α-hetero) is 1. The van der Waals surface area contributed by atoms with Crippen LogP contribution in [0.4, 0.5) is 0 Å². The molecule has 0 fully saturated rings. The number of hydrogen-bond donors (Lipinski definition) is 0. The average molecular weight is 286 g/mol. The molecule has 116 valence electrons. The monoisotopic (exact) mass is 286 g/mol. The number of hydrogen-bond acceptors (Lipinski definition) is 1. The summed E-state index contributed by atoms with van der Waals surface area (Å²) in [5.74, 6) is 0.393. The zero-order chi connectivity index (χ0) is 15.5. The molecule has 0 spiro atoms. The number of unbranched alkanes of at least 4 members (excludes halogenated alkanes) is 1. The van der Waals surface area contributed by atoms with Gasteiger partial charge in [0.05, 0.1) is 0 Å². The predicted molar refractivity (Wildman–Crippen MR) is 91.7 cm³/mol. The van der Waals surface area contributed by atoms with Crippen LogP contribution in [0.3, 0.4) is 0 Å². The van der Waals surface area contributed by atoms with Crippen molar-refractivity contribution in [3.8, 4) is 0 Å². The van der Waals surface area contributed by atoms with Crippen LogP contribution in [0, 0.1) is 0 Å². The molecule has 1 aromatic carbocycles. The van der Waals surface area contributed by atoms with Gasteiger partial charge in [0.15, 0.2) is 0 Å². The van der Waals surface area contributed by atoms with Crippen LogP contribution in [0.2, 0.25) is 0 Å². The zero-order valence-electron chi connectivity index (χ0n) is 14.0. The minimum atomic E-state index is 0.393. The standard InChI is InChI=1S/C18H24O.C2H6/c1-2-3-4-15-5-7-16(8-6-15)9-10-17-11-13-18(19)14-12-17;1-2/h5-8,11H,2-4,9-10,12-14H2,1H3;1-2H3. The van der Waals surface area contributed by atoms with Crippen molar-refractivity contribution in [2.75, 3.05) is 0 Å². The summed E-state index contributed by atoms with van der Waals surface area (Å²) in [6.45, 7) is 6.23. The van der Waals surface area contributed by atoms with Crippen molar-refractivity contribution < 1.29 is 4.79 Å². The Morgan fingerprint density at radius 2 is 1.52 bits per heavy atom. The Hall–Kier alpha value is -1.37. The van der Waals surface area contributed by atoms with Crippen molar-refractivity contribution in [3.05, 3.63) is 47.0 Å². The number of benzene rings is 1. The fourth-order valence-electron chi connectivity index (χ4n) is 2.55. The first-order valence-corrected chi connectivity index (χ1v) is 8.55. The van der Waals surface area contributed by atoms with Gasteiger partial charge in [0, 0.05) is 12.8 Å². The van der Waals surface area contributed by atoms with E-state index in [1.807, 2.05) is 13.8 Å². The van der Waals surface area contributed by atoms with E-state index < -0.39 is 0 Å². The van der Waals surface area contributed by atoms with Gasteiger partial charge < -0.3 is 0 Å². The lowest BCUT2D eigenvalue weighted by molar-refractivity contribution is -0.118. The van der Waals surface area contributed by atoms with Gasteiger partial charge in [0.25, 0.3) is 0 Å². The van der Waals surface area contributed by atoms with Crippen LogP contribution in [0.1, 0.15) is 70.4 Å². The molecular formula is C20H30O. The third kappa shape index (κ3) is 6.75. The van der Waals surface area contributed by atoms with Crippen molar-refractivity contribution in [3.63, 3.8) is 0 Å². The summed E-state index contributed by atoms with van der Waals surface area (Å²) < 4.78 is 0. The van der Waals surface area contributed by atoms with Crippen LogP contribution in [0.5, 0.6) is 0 Å². The van der Waals surface area contributed by atoms with E-state index in [0.717, 1.165) is 25.7 Å². The minimum absolute atomic E-state index is 0.393. The first kappa shape index (κ1) is 17.7. The molecule has 0 unspecified atom stereocenters. The number of rotatable bonds is 6. The molecule has 1 aliphatic carbocycles. The van der Waals surface area contributed by atoms with Crippen LogP contribution in [-0.2, 0) is 17.6 Å². The lowest BCUT2D eigenvalue weighted by Crippen LogP contribution is -2.04. The summed E-state index contributed by atoms with van der Waals surface area (Å²) in [5, 5.41) is 0. The third-order valence-corrected chi connectivity index (χ3v) is 3.92. The molecule has 0 bridgehead atoms. The maximum absolute atomic E-state index is 11.2. The SMILES string of the molecule is CC.CCCCc1ccc(CCC2=CCC(=O)CC2)cc1. The molecule has 0 amide bonds. The van der Waals surface area contributed by atoms with E-state index in [4.69, 9.17) is 0 Å². The molecule has 0 radical (unpaired) electrons. The van der Waals surface area contributed by atoms with E-state index in [1.54, 1.807) is 0 Å². The van der Waals surface area contributed by atoms with Crippen molar-refractivity contribution in [2.45, 2.75) is 72.1 Å². The van der Waals surface area contributed by atoms with E-state index in [1.165, 1.54) is 36.0 Å². The Balaban J connectivity index is 0.00000106. The number of carbonyl (C=O) groups excluding carboxylic acids is 1. The maximum Gasteiger partial charge on any atom is 0.136 e. The van der Waals surface area contributed by atoms with E-state index in [0.29, 0.717) is 12.2 Å². The average Bonchev–Trinajstić information content (AvgIpc) is 2.55. The van der Waals surface area contributed by atoms with Crippen LogP contribution in [-0.4, -0.2) is 5.78 Å². The Kier molecular flexibility index (Phi) is 8.73. The van der Waals surface area contributed by atoms with E-state index in [9.17, 15) is 4.79 Å². The Morgan fingerprint density at radius 3 is 2.05 bits per heavy atom. The summed E-state index contributed by atoms with van der Waals surface area (Å²) >= 11 is 0. The highest BCUT2D eigenvalue weighted by Crippen LogP contribution is 2.20. The number of carbonyl (C=O) groups is 1. The molecule has 0 heterocycles. The van der Waals surface area contributed by atoms with Crippen molar-refractivity contribution in [1.29, 1.82) is 0 Å². The minimum Gasteiger partial charge on any atom is -0.299 e. The highest BCUT2D eigenvalue weighted by Gasteiger charge is 2.09. The molecule has 21 heavy (non-hydrogen) atoms. The van der Waals surface area contributed by atoms with Gasteiger partial charge in [-0.15, -0.1) is 0 Å². The first-order chi connectivity index (χ1) is 10.3. The summed E-state index contributed by atoms with van der Waals surface area (Å²) in [7, 11) is 0. The van der Waals surface area contributed by atoms with Crippen LogP contribution < -0.4 is 0 Å². The van der Waals surface area contributed by atoms with Gasteiger partial charge in [0.2, 0.25) is 0 Å². The number of aryl methyl sites for hydroxylation is 2. The second kappa shape index (κ2) is 10.4. The molecule has 0 aromatic heterocycles. The smallest absolute Gasteiger partial charge is 0.136 e. The van der Waals surface area contributed by atoms with Crippen molar-refractivity contribution >= 4 is 5.78 Å². The largest absolute Gasteiger partial charge is 0.299 e. The summed E-state index contributed by atoms with van der Waals surface area (Å²) in [6.07, 6.45) is 10.5. The van der Waals surface area contributed by atoms with Crippen LogP contribution >= 0.6 is 0 Å². The fraction of sp³-hybridized carbons (Fsp3) is 0.550. The summed E-state index contributed by atoms with van der Waals surface area (Å²) in [6, 6.07) is 9.06. The van der Waals surface area contributed by atoms with E-state index >= 15 is 0 Å². The Bertz CT molecular complexity index is 439. The molecule has 0 N–H and O–H groups in total.